The van der Waals surface area contributed by atoms with Crippen LogP contribution >= 0.6 is 7.82 Å². The van der Waals surface area contributed by atoms with Gasteiger partial charge < -0.3 is 28.8 Å². The van der Waals surface area contributed by atoms with Crippen molar-refractivity contribution in [3.63, 3.8) is 0 Å². The van der Waals surface area contributed by atoms with Crippen LogP contribution in [0.15, 0.2) is 36.5 Å². The molecule has 44 heavy (non-hydrogen) atoms. The highest BCUT2D eigenvalue weighted by Gasteiger charge is 2.23. The first-order valence-electron chi connectivity index (χ1n) is 17.4. The molecular weight excluding hydrogens is 575 g/mol. The van der Waals surface area contributed by atoms with E-state index in [2.05, 4.69) is 43.5 Å². The number of carbonyl (C=O) groups is 1. The summed E-state index contributed by atoms with van der Waals surface area (Å²) in [6.07, 6.45) is 30.5. The average molecular weight is 643 g/mol. The summed E-state index contributed by atoms with van der Waals surface area (Å²) >= 11 is 0. The minimum Gasteiger partial charge on any atom is -0.756 e. The molecule has 3 atom stereocenters. The van der Waals surface area contributed by atoms with Gasteiger partial charge in [-0.15, -0.1) is 0 Å². The van der Waals surface area contributed by atoms with Crippen LogP contribution in [-0.2, 0) is 18.4 Å². The van der Waals surface area contributed by atoms with Crippen molar-refractivity contribution in [2.24, 2.45) is 0 Å². The summed E-state index contributed by atoms with van der Waals surface area (Å²) in [4.78, 5) is 25.0. The zero-order valence-electron chi connectivity index (χ0n) is 28.9. The lowest BCUT2D eigenvalue weighted by Crippen LogP contribution is -2.45. The maximum absolute atomic E-state index is 12.7. The molecule has 8 nitrogen and oxygen atoms in total. The monoisotopic (exact) mass is 642 g/mol. The van der Waals surface area contributed by atoms with Crippen LogP contribution in [0, 0.1) is 0 Å². The van der Waals surface area contributed by atoms with E-state index in [-0.39, 0.29) is 12.5 Å². The second kappa shape index (κ2) is 28.0. The van der Waals surface area contributed by atoms with Crippen LogP contribution < -0.4 is 10.2 Å². The normalized spacial score (nSPS) is 15.3. The van der Waals surface area contributed by atoms with Crippen LogP contribution in [0.2, 0.25) is 0 Å². The van der Waals surface area contributed by atoms with Gasteiger partial charge in [-0.1, -0.05) is 102 Å². The zero-order valence-corrected chi connectivity index (χ0v) is 29.7. The molecule has 0 fully saturated rings. The summed E-state index contributed by atoms with van der Waals surface area (Å²) in [6.45, 7) is 4.50. The number of aliphatic hydroxyl groups is 1. The minimum absolute atomic E-state index is 0.00887. The van der Waals surface area contributed by atoms with Gasteiger partial charge >= 0.3 is 0 Å². The summed E-state index contributed by atoms with van der Waals surface area (Å²) in [5.41, 5.74) is 0. The third-order valence-electron chi connectivity index (χ3n) is 7.32. The maximum Gasteiger partial charge on any atom is 0.268 e. The van der Waals surface area contributed by atoms with Gasteiger partial charge in [-0.2, -0.15) is 0 Å². The number of phosphoric ester groups is 1. The molecule has 2 N–H and O–H groups in total. The van der Waals surface area contributed by atoms with Crippen LogP contribution in [-0.4, -0.2) is 68.5 Å². The lowest BCUT2D eigenvalue weighted by molar-refractivity contribution is -0.870. The summed E-state index contributed by atoms with van der Waals surface area (Å²) in [6, 6.07) is -0.902. The summed E-state index contributed by atoms with van der Waals surface area (Å²) in [5, 5.41) is 13.6. The fourth-order valence-corrected chi connectivity index (χ4v) is 5.18. The minimum atomic E-state index is -4.58. The molecule has 0 saturated carbocycles. The number of carbonyl (C=O) groups excluding carboxylic acids is 1. The van der Waals surface area contributed by atoms with Crippen LogP contribution in [0.4, 0.5) is 0 Å². The van der Waals surface area contributed by atoms with Crippen molar-refractivity contribution in [3.05, 3.63) is 36.5 Å². The van der Waals surface area contributed by atoms with Gasteiger partial charge in [0.05, 0.1) is 39.9 Å². The number of aliphatic hydroxyl groups excluding tert-OH is 1. The van der Waals surface area contributed by atoms with Crippen molar-refractivity contribution in [2.75, 3.05) is 40.9 Å². The Labute approximate surface area is 270 Å². The number of phosphoric acid groups is 1. The largest absolute Gasteiger partial charge is 0.756 e. The molecule has 0 radical (unpaired) electrons. The summed E-state index contributed by atoms with van der Waals surface area (Å²) in [7, 11) is 1.23. The molecule has 0 aromatic carbocycles. The quantitative estimate of drug-likeness (QED) is 0.0359. The Hall–Kier alpha value is -1.28. The smallest absolute Gasteiger partial charge is 0.268 e. The van der Waals surface area contributed by atoms with E-state index in [0.29, 0.717) is 17.4 Å². The van der Waals surface area contributed by atoms with Crippen LogP contribution in [0.3, 0.4) is 0 Å². The molecule has 0 spiro atoms. The van der Waals surface area contributed by atoms with Crippen molar-refractivity contribution in [2.45, 2.75) is 142 Å². The Morgan fingerprint density at radius 2 is 1.27 bits per heavy atom. The number of nitrogens with one attached hydrogen (secondary N) is 1. The van der Waals surface area contributed by atoms with Crippen LogP contribution in [0.25, 0.3) is 0 Å². The van der Waals surface area contributed by atoms with Gasteiger partial charge in [0, 0.05) is 6.42 Å². The number of allylic oxidation sites excluding steroid dienone is 5. The highest BCUT2D eigenvalue weighted by molar-refractivity contribution is 7.45. The summed E-state index contributed by atoms with van der Waals surface area (Å²) in [5.74, 6) is -0.223. The molecule has 0 aromatic heterocycles. The lowest BCUT2D eigenvalue weighted by atomic mass is 10.1. The van der Waals surface area contributed by atoms with E-state index >= 15 is 0 Å². The zero-order chi connectivity index (χ0) is 32.9. The molecule has 258 valence electrons. The van der Waals surface area contributed by atoms with Gasteiger partial charge in [-0.05, 0) is 57.8 Å². The third-order valence-corrected chi connectivity index (χ3v) is 8.29. The molecule has 9 heteroatoms. The first-order chi connectivity index (χ1) is 21.0. The second-order valence-corrected chi connectivity index (χ2v) is 14.3. The highest BCUT2D eigenvalue weighted by atomic mass is 31.2. The predicted octanol–water partition coefficient (Wildman–Crippen LogP) is 7.77. The fourth-order valence-electron chi connectivity index (χ4n) is 4.45. The number of amides is 1. The first-order valence-corrected chi connectivity index (χ1v) is 18.8. The molecular formula is C35H67N2O6P. The Morgan fingerprint density at radius 1 is 0.773 bits per heavy atom. The van der Waals surface area contributed by atoms with Crippen molar-refractivity contribution in [1.82, 2.24) is 5.32 Å². The SMILES string of the molecule is CCCCC/C=C/CC/C=C/[C@@H](O)[C@H](COP(=O)([O-])OCC[N+](C)(C)C)NC(=O)CCCCCCC/C=C/CCCCCC. The molecule has 0 rings (SSSR count). The maximum atomic E-state index is 12.7. The topological polar surface area (TPSA) is 108 Å². The van der Waals surface area contributed by atoms with E-state index in [4.69, 9.17) is 9.05 Å². The number of hydrogen-bond acceptors (Lipinski definition) is 6. The number of likely N-dealkylation sites (N-methyl/N-ethyl adjacent to an activating group) is 1. The standard InChI is InChI=1S/C35H67N2O6P/c1-6-8-10-12-14-16-17-18-19-21-23-25-27-29-35(39)36-33(32-43-44(40,41)42-31-30-37(3,4)5)34(38)28-26-24-22-20-15-13-11-9-7-2/h15-17,20,26,28,33-34,38H,6-14,18-19,21-25,27,29-32H2,1-5H3,(H-,36,39,40,41)/b17-16+,20-15+,28-26+/t33-,34+/m0/s1. The van der Waals surface area contributed by atoms with Crippen molar-refractivity contribution in [1.29, 1.82) is 0 Å². The summed E-state index contributed by atoms with van der Waals surface area (Å²) < 4.78 is 22.9. The van der Waals surface area contributed by atoms with Gasteiger partial charge in [0.2, 0.25) is 5.91 Å². The van der Waals surface area contributed by atoms with Crippen LogP contribution in [0.1, 0.15) is 129 Å². The predicted molar refractivity (Wildman–Crippen MR) is 182 cm³/mol. The number of rotatable bonds is 30. The Kier molecular flexibility index (Phi) is 27.2. The van der Waals surface area contributed by atoms with E-state index in [0.717, 1.165) is 57.8 Å². The van der Waals surface area contributed by atoms with E-state index in [1.165, 1.54) is 51.4 Å². The molecule has 0 saturated heterocycles. The third kappa shape index (κ3) is 29.4. The highest BCUT2D eigenvalue weighted by Crippen LogP contribution is 2.38. The van der Waals surface area contributed by atoms with Gasteiger partial charge in [0.25, 0.3) is 7.82 Å². The molecule has 0 aliphatic heterocycles. The van der Waals surface area contributed by atoms with Crippen molar-refractivity contribution >= 4 is 13.7 Å². The van der Waals surface area contributed by atoms with Gasteiger partial charge in [0.15, 0.2) is 0 Å². The first kappa shape index (κ1) is 42.7. The lowest BCUT2D eigenvalue weighted by Gasteiger charge is -2.29. The average Bonchev–Trinajstić information content (AvgIpc) is 2.95. The Bertz CT molecular complexity index is 825. The van der Waals surface area contributed by atoms with Crippen LogP contribution in [0.5, 0.6) is 0 Å². The number of nitrogens with zero attached hydrogens (tertiary/aromatic N) is 1. The molecule has 0 bridgehead atoms. The van der Waals surface area contributed by atoms with Gasteiger partial charge in [-0.3, -0.25) is 9.36 Å². The van der Waals surface area contributed by atoms with E-state index in [1.807, 2.05) is 27.2 Å². The van der Waals surface area contributed by atoms with Gasteiger partial charge in [-0.25, -0.2) is 0 Å². The number of quaternary nitrogens is 1. The van der Waals surface area contributed by atoms with Crippen molar-refractivity contribution < 1.29 is 32.9 Å². The molecule has 1 amide bonds. The molecule has 0 aromatic rings. The van der Waals surface area contributed by atoms with E-state index in [1.54, 1.807) is 6.08 Å². The van der Waals surface area contributed by atoms with Crippen molar-refractivity contribution in [3.8, 4) is 0 Å². The second-order valence-electron chi connectivity index (χ2n) is 12.9. The van der Waals surface area contributed by atoms with Gasteiger partial charge in [0.1, 0.15) is 13.2 Å². The molecule has 0 heterocycles. The number of unbranched alkanes of at least 4 members (excludes halogenated alkanes) is 13. The fraction of sp³-hybridized carbons (Fsp3) is 0.800. The Balaban J connectivity index is 4.63. The molecule has 1 unspecified atom stereocenters. The van der Waals surface area contributed by atoms with E-state index < -0.39 is 26.6 Å². The molecule has 0 aliphatic rings. The Morgan fingerprint density at radius 3 is 1.89 bits per heavy atom. The van der Waals surface area contributed by atoms with E-state index in [9.17, 15) is 19.4 Å². The number of hydrogen-bond donors (Lipinski definition) is 2. The molecule has 0 aliphatic carbocycles.